The van der Waals surface area contributed by atoms with Gasteiger partial charge in [-0.1, -0.05) is 12.1 Å². The van der Waals surface area contributed by atoms with Crippen LogP contribution in [0.25, 0.3) is 0 Å². The van der Waals surface area contributed by atoms with E-state index in [1.807, 2.05) is 36.0 Å². The third-order valence-corrected chi connectivity index (χ3v) is 7.72. The smallest absolute Gasteiger partial charge is 0.257 e. The Hall–Kier alpha value is -3.90. The first-order chi connectivity index (χ1) is 18.3. The Bertz CT molecular complexity index is 1350. The molecule has 1 amide bonds. The van der Waals surface area contributed by atoms with E-state index < -0.39 is 5.82 Å². The molecule has 2 fully saturated rings. The van der Waals surface area contributed by atoms with Gasteiger partial charge in [-0.2, -0.15) is 10.4 Å². The largest absolute Gasteiger partial charge is 0.451 e. The summed E-state index contributed by atoms with van der Waals surface area (Å²) in [7, 11) is 5.15. The first-order valence-electron chi connectivity index (χ1n) is 13.0. The topological polar surface area (TPSA) is 77.6 Å². The Morgan fingerprint density at radius 1 is 1.16 bits per heavy atom. The summed E-state index contributed by atoms with van der Waals surface area (Å²) in [6.07, 6.45) is 4.89. The summed E-state index contributed by atoms with van der Waals surface area (Å²) in [6, 6.07) is 14.5. The van der Waals surface area contributed by atoms with E-state index in [-0.39, 0.29) is 11.5 Å². The molecule has 198 valence electrons. The van der Waals surface area contributed by atoms with Gasteiger partial charge in [-0.05, 0) is 67.6 Å². The van der Waals surface area contributed by atoms with E-state index in [9.17, 15) is 9.18 Å². The number of aromatic nitrogens is 2. The average molecular weight is 517 g/mol. The number of halogens is 1. The number of hydrogen-bond donors (Lipinski definition) is 0. The van der Waals surface area contributed by atoms with Gasteiger partial charge >= 0.3 is 0 Å². The minimum absolute atomic E-state index is 0.174. The van der Waals surface area contributed by atoms with Gasteiger partial charge in [0.1, 0.15) is 11.6 Å². The number of nitriles is 1. The number of ether oxygens (including phenoxy) is 1. The van der Waals surface area contributed by atoms with Crippen LogP contribution in [-0.2, 0) is 13.5 Å². The van der Waals surface area contributed by atoms with E-state index in [4.69, 9.17) is 10.00 Å². The number of rotatable bonds is 7. The van der Waals surface area contributed by atoms with Gasteiger partial charge in [0.25, 0.3) is 5.91 Å². The van der Waals surface area contributed by atoms with Gasteiger partial charge in [0.15, 0.2) is 11.6 Å². The maximum atomic E-state index is 14.0. The molecular weight excluding hydrogens is 483 g/mol. The van der Waals surface area contributed by atoms with Crippen molar-refractivity contribution in [1.82, 2.24) is 19.6 Å². The number of piperidine rings is 1. The highest BCUT2D eigenvalue weighted by atomic mass is 19.1. The molecule has 0 spiro atoms. The number of amides is 1. The third-order valence-electron chi connectivity index (χ3n) is 7.72. The quantitative estimate of drug-likeness (QED) is 0.471. The molecule has 0 N–H and O–H groups in total. The molecule has 8 nitrogen and oxygen atoms in total. The van der Waals surface area contributed by atoms with Gasteiger partial charge < -0.3 is 14.5 Å². The van der Waals surface area contributed by atoms with Crippen molar-refractivity contribution in [1.29, 1.82) is 5.26 Å². The molecule has 3 heterocycles. The van der Waals surface area contributed by atoms with Crippen LogP contribution in [-0.4, -0.2) is 71.8 Å². The highest BCUT2D eigenvalue weighted by Gasteiger charge is 2.39. The van der Waals surface area contributed by atoms with Crippen molar-refractivity contribution in [2.45, 2.75) is 25.3 Å². The van der Waals surface area contributed by atoms with Crippen LogP contribution in [0.3, 0.4) is 0 Å². The first-order valence-corrected chi connectivity index (χ1v) is 13.0. The maximum Gasteiger partial charge on any atom is 0.257 e. The normalized spacial score (nSPS) is 19.2. The van der Waals surface area contributed by atoms with E-state index in [0.717, 1.165) is 44.8 Å². The van der Waals surface area contributed by atoms with Crippen LogP contribution < -0.4 is 9.64 Å². The summed E-state index contributed by atoms with van der Waals surface area (Å²) in [5, 5.41) is 13.5. The van der Waals surface area contributed by atoms with Gasteiger partial charge in [-0.25, -0.2) is 9.07 Å². The molecule has 38 heavy (non-hydrogen) atoms. The van der Waals surface area contributed by atoms with Gasteiger partial charge in [0.2, 0.25) is 0 Å². The zero-order chi connectivity index (χ0) is 26.8. The predicted octanol–water partition coefficient (Wildman–Crippen LogP) is 4.07. The second kappa shape index (κ2) is 10.8. The van der Waals surface area contributed by atoms with Crippen molar-refractivity contribution in [3.63, 3.8) is 0 Å². The molecule has 0 bridgehead atoms. The molecule has 2 saturated heterocycles. The van der Waals surface area contributed by atoms with E-state index in [1.54, 1.807) is 20.3 Å². The zero-order valence-corrected chi connectivity index (χ0v) is 22.1. The molecule has 2 aliphatic heterocycles. The summed E-state index contributed by atoms with van der Waals surface area (Å²) < 4.78 is 22.0. The first kappa shape index (κ1) is 25.7. The number of aryl methyl sites for hydroxylation is 1. The van der Waals surface area contributed by atoms with E-state index in [1.165, 1.54) is 35.1 Å². The number of anilines is 1. The monoisotopic (exact) mass is 516 g/mol. The Kier molecular flexibility index (Phi) is 7.34. The molecule has 9 heteroatoms. The number of carbonyl (C=O) groups excluding carboxylic acids is 1. The second-order valence-corrected chi connectivity index (χ2v) is 10.3. The molecule has 1 aromatic heterocycles. The summed E-state index contributed by atoms with van der Waals surface area (Å²) >= 11 is 0. The fourth-order valence-corrected chi connectivity index (χ4v) is 5.68. The minimum Gasteiger partial charge on any atom is -0.451 e. The lowest BCUT2D eigenvalue weighted by Gasteiger charge is -2.39. The summed E-state index contributed by atoms with van der Waals surface area (Å²) in [5.41, 5.74) is 2.10. The molecule has 3 aromatic rings. The zero-order valence-electron chi connectivity index (χ0n) is 22.1. The lowest BCUT2D eigenvalue weighted by atomic mass is 9.92. The highest BCUT2D eigenvalue weighted by molar-refractivity contribution is 5.96. The number of hydrogen-bond acceptors (Lipinski definition) is 6. The van der Waals surface area contributed by atoms with Gasteiger partial charge in [-0.15, -0.1) is 0 Å². The van der Waals surface area contributed by atoms with Crippen LogP contribution in [0.2, 0.25) is 0 Å². The Balaban J connectivity index is 1.32. The second-order valence-electron chi connectivity index (χ2n) is 10.3. The molecule has 0 aliphatic carbocycles. The average Bonchev–Trinajstić information content (AvgIpc) is 3.50. The molecule has 2 aromatic carbocycles. The molecule has 2 unspecified atom stereocenters. The molecule has 0 saturated carbocycles. The van der Waals surface area contributed by atoms with Gasteiger partial charge in [0.05, 0.1) is 23.4 Å². The van der Waals surface area contributed by atoms with Gasteiger partial charge in [-0.3, -0.25) is 9.69 Å². The summed E-state index contributed by atoms with van der Waals surface area (Å²) in [6.45, 7) is 3.81. The molecule has 2 atom stereocenters. The van der Waals surface area contributed by atoms with Crippen molar-refractivity contribution in [3.05, 3.63) is 71.2 Å². The van der Waals surface area contributed by atoms with E-state index in [0.29, 0.717) is 29.0 Å². The van der Waals surface area contributed by atoms with Crippen LogP contribution in [0, 0.1) is 23.1 Å². The van der Waals surface area contributed by atoms with E-state index in [2.05, 4.69) is 21.0 Å². The molecule has 0 radical (unpaired) electrons. The van der Waals surface area contributed by atoms with Crippen molar-refractivity contribution < 1.29 is 13.9 Å². The van der Waals surface area contributed by atoms with E-state index >= 15 is 0 Å². The van der Waals surface area contributed by atoms with Crippen molar-refractivity contribution >= 4 is 11.7 Å². The minimum atomic E-state index is -0.488. The Morgan fingerprint density at radius 3 is 2.66 bits per heavy atom. The third kappa shape index (κ3) is 5.22. The SMILES string of the molecule is CN(C)C(=O)c1cc(F)ccc1Oc1cnn(C)c1N1CCC2CCN(CCc3ccc(C#N)cc3)C2C1. The highest BCUT2D eigenvalue weighted by Crippen LogP contribution is 2.39. The Labute approximate surface area is 222 Å². The molecule has 2 aliphatic rings. The molecular formula is C29H33FN6O2. The number of benzene rings is 2. The Morgan fingerprint density at radius 2 is 1.92 bits per heavy atom. The summed E-state index contributed by atoms with van der Waals surface area (Å²) in [4.78, 5) is 19.0. The van der Waals surface area contributed by atoms with Crippen LogP contribution in [0.4, 0.5) is 10.2 Å². The molecule has 5 rings (SSSR count). The van der Waals surface area contributed by atoms with Crippen molar-refractivity contribution in [3.8, 4) is 17.6 Å². The standard InChI is InChI=1S/C29H33FN6O2/c1-33(2)29(37)24-16-23(30)8-9-26(24)38-27-18-32-34(3)28(27)36-15-12-22-11-14-35(25(22)19-36)13-10-20-4-6-21(17-31)7-5-20/h4-9,16,18,22,25H,10-15,19H2,1-3H3. The number of nitrogens with zero attached hydrogens (tertiary/aromatic N) is 6. The van der Waals surface area contributed by atoms with Gasteiger partial charge in [0, 0.05) is 46.8 Å². The number of fused-ring (bicyclic) bond motifs is 1. The number of likely N-dealkylation sites (tertiary alicyclic amines) is 1. The summed E-state index contributed by atoms with van der Waals surface area (Å²) in [5.74, 6) is 1.56. The van der Waals surface area contributed by atoms with Crippen LogP contribution >= 0.6 is 0 Å². The van der Waals surface area contributed by atoms with Crippen LogP contribution in [0.5, 0.6) is 11.5 Å². The predicted molar refractivity (Wildman–Crippen MR) is 143 cm³/mol. The van der Waals surface area contributed by atoms with Crippen LogP contribution in [0.1, 0.15) is 34.3 Å². The fraction of sp³-hybridized carbons (Fsp3) is 0.414. The maximum absolute atomic E-state index is 14.0. The van der Waals surface area contributed by atoms with Crippen molar-refractivity contribution in [2.75, 3.05) is 45.2 Å². The van der Waals surface area contributed by atoms with Crippen LogP contribution in [0.15, 0.2) is 48.7 Å². The van der Waals surface area contributed by atoms with Crippen molar-refractivity contribution in [2.24, 2.45) is 13.0 Å². The fourth-order valence-electron chi connectivity index (χ4n) is 5.68. The lowest BCUT2D eigenvalue weighted by Crippen LogP contribution is -2.49. The number of carbonyl (C=O) groups is 1. The lowest BCUT2D eigenvalue weighted by molar-refractivity contribution is 0.0824.